The minimum atomic E-state index is 0.135. The van der Waals surface area contributed by atoms with Crippen molar-refractivity contribution in [2.75, 3.05) is 6.61 Å². The van der Waals surface area contributed by atoms with E-state index in [-0.39, 0.29) is 11.8 Å². The van der Waals surface area contributed by atoms with Crippen LogP contribution in [-0.4, -0.2) is 26.9 Å². The molecule has 0 aliphatic heterocycles. The van der Waals surface area contributed by atoms with Crippen molar-refractivity contribution in [1.29, 1.82) is 0 Å². The van der Waals surface area contributed by atoms with Crippen molar-refractivity contribution in [3.05, 3.63) is 62.1 Å². The van der Waals surface area contributed by atoms with Crippen molar-refractivity contribution < 1.29 is 9.84 Å². The summed E-state index contributed by atoms with van der Waals surface area (Å²) in [5, 5.41) is 18.6. The molecule has 0 bridgehead atoms. The zero-order valence-electron chi connectivity index (χ0n) is 13.5. The minimum Gasteiger partial charge on any atom is -0.506 e. The van der Waals surface area contributed by atoms with Gasteiger partial charge in [-0.3, -0.25) is 0 Å². The first kappa shape index (κ1) is 19.1. The highest BCUT2D eigenvalue weighted by molar-refractivity contribution is 9.11. The second-order valence-electron chi connectivity index (χ2n) is 5.49. The number of hydrogen-bond donors (Lipinski definition) is 1. The van der Waals surface area contributed by atoms with E-state index in [4.69, 9.17) is 16.3 Å². The summed E-state index contributed by atoms with van der Waals surface area (Å²) in [6, 6.07) is 11.5. The van der Waals surface area contributed by atoms with E-state index < -0.39 is 0 Å². The van der Waals surface area contributed by atoms with Crippen LogP contribution in [0.1, 0.15) is 12.0 Å². The molecule has 2 aromatic carbocycles. The van der Waals surface area contributed by atoms with Gasteiger partial charge in [0, 0.05) is 10.6 Å². The summed E-state index contributed by atoms with van der Waals surface area (Å²) in [6.45, 7) is 0.500. The van der Waals surface area contributed by atoms with Gasteiger partial charge < -0.3 is 9.84 Å². The molecule has 0 saturated carbocycles. The average molecular weight is 500 g/mol. The molecule has 0 amide bonds. The van der Waals surface area contributed by atoms with Gasteiger partial charge in [-0.1, -0.05) is 28.8 Å². The molecule has 0 radical (unpaired) electrons. The number of aromatic hydroxyl groups is 1. The molecule has 1 heterocycles. The Bertz CT molecular complexity index is 867. The van der Waals surface area contributed by atoms with Gasteiger partial charge in [-0.25, -0.2) is 4.98 Å². The van der Waals surface area contributed by atoms with Crippen molar-refractivity contribution in [3.8, 4) is 23.0 Å². The van der Waals surface area contributed by atoms with E-state index in [0.29, 0.717) is 21.2 Å². The molecule has 134 valence electrons. The molecular weight excluding hydrogens is 485 g/mol. The van der Waals surface area contributed by atoms with Crippen LogP contribution in [0.25, 0.3) is 11.3 Å². The maximum atomic E-state index is 9.77. The number of halogens is 3. The number of phenols is 1. The molecule has 0 saturated heterocycles. The summed E-state index contributed by atoms with van der Waals surface area (Å²) < 4.78 is 6.66. The molecule has 1 aromatic heterocycles. The van der Waals surface area contributed by atoms with Crippen LogP contribution in [0.4, 0.5) is 0 Å². The number of ether oxygens (including phenoxy) is 1. The lowest BCUT2D eigenvalue weighted by Gasteiger charge is -2.06. The number of aryl methyl sites for hydroxylation is 1. The standard InChI is InChI=1S/C18H14Br2ClN3O2/c19-14-8-12(9-15(20)17(14)25)16-10-22-18(24-23-16)26-7-1-2-11-3-5-13(21)6-4-11/h3-6,8-10,25H,1-2,7H2. The third-order valence-electron chi connectivity index (χ3n) is 3.61. The first-order valence-corrected chi connectivity index (χ1v) is 9.74. The summed E-state index contributed by atoms with van der Waals surface area (Å²) in [5.74, 6) is 0.135. The fourth-order valence-corrected chi connectivity index (χ4v) is 3.58. The summed E-state index contributed by atoms with van der Waals surface area (Å²) in [5.41, 5.74) is 2.56. The van der Waals surface area contributed by atoms with Gasteiger partial charge >= 0.3 is 6.01 Å². The number of rotatable bonds is 6. The Hall–Kier alpha value is -1.70. The van der Waals surface area contributed by atoms with Crippen molar-refractivity contribution in [3.63, 3.8) is 0 Å². The molecule has 0 aliphatic carbocycles. The van der Waals surface area contributed by atoms with E-state index in [9.17, 15) is 5.11 Å². The van der Waals surface area contributed by atoms with E-state index in [1.165, 1.54) is 5.56 Å². The monoisotopic (exact) mass is 497 g/mol. The Kier molecular flexibility index (Phi) is 6.45. The van der Waals surface area contributed by atoms with Crippen LogP contribution in [0.5, 0.6) is 11.8 Å². The van der Waals surface area contributed by atoms with Crippen LogP contribution in [0.2, 0.25) is 5.02 Å². The maximum absolute atomic E-state index is 9.77. The topological polar surface area (TPSA) is 68.1 Å². The number of nitrogens with zero attached hydrogens (tertiary/aromatic N) is 3. The molecule has 26 heavy (non-hydrogen) atoms. The summed E-state index contributed by atoms with van der Waals surface area (Å²) >= 11 is 12.5. The van der Waals surface area contributed by atoms with E-state index in [2.05, 4.69) is 47.0 Å². The maximum Gasteiger partial charge on any atom is 0.335 e. The Morgan fingerprint density at radius 1 is 1.04 bits per heavy atom. The van der Waals surface area contributed by atoms with Gasteiger partial charge in [-0.2, -0.15) is 0 Å². The van der Waals surface area contributed by atoms with Crippen molar-refractivity contribution in [1.82, 2.24) is 15.2 Å². The van der Waals surface area contributed by atoms with Gasteiger partial charge in [0.25, 0.3) is 0 Å². The van der Waals surface area contributed by atoms with Crippen LogP contribution in [0.3, 0.4) is 0 Å². The highest BCUT2D eigenvalue weighted by Crippen LogP contribution is 2.36. The second kappa shape index (κ2) is 8.79. The van der Waals surface area contributed by atoms with E-state index in [1.54, 1.807) is 18.3 Å². The van der Waals surface area contributed by atoms with E-state index >= 15 is 0 Å². The number of hydrogen-bond acceptors (Lipinski definition) is 5. The number of phenolic OH excluding ortho intramolecular Hbond substituents is 1. The van der Waals surface area contributed by atoms with Crippen molar-refractivity contribution in [2.45, 2.75) is 12.8 Å². The molecule has 8 heteroatoms. The SMILES string of the molecule is Oc1c(Br)cc(-c2cnc(OCCCc3ccc(Cl)cc3)nn2)cc1Br. The summed E-state index contributed by atoms with van der Waals surface area (Å²) in [4.78, 5) is 4.19. The Morgan fingerprint density at radius 2 is 1.73 bits per heavy atom. The molecule has 0 fully saturated rings. The van der Waals surface area contributed by atoms with Crippen molar-refractivity contribution in [2.24, 2.45) is 0 Å². The molecule has 3 aromatic rings. The first-order chi connectivity index (χ1) is 12.5. The van der Waals surface area contributed by atoms with Gasteiger partial charge in [0.15, 0.2) is 0 Å². The lowest BCUT2D eigenvalue weighted by Crippen LogP contribution is -2.04. The number of benzene rings is 2. The normalized spacial score (nSPS) is 10.7. The molecule has 3 rings (SSSR count). The fraction of sp³-hybridized carbons (Fsp3) is 0.167. The van der Waals surface area contributed by atoms with Gasteiger partial charge in [0.05, 0.1) is 21.7 Å². The van der Waals surface area contributed by atoms with Gasteiger partial charge in [0.2, 0.25) is 0 Å². The third kappa shape index (κ3) is 4.93. The average Bonchev–Trinajstić information content (AvgIpc) is 2.65. The highest BCUT2D eigenvalue weighted by Gasteiger charge is 2.10. The van der Waals surface area contributed by atoms with Gasteiger partial charge in [-0.15, -0.1) is 5.10 Å². The van der Waals surface area contributed by atoms with Gasteiger partial charge in [0.1, 0.15) is 11.4 Å². The lowest BCUT2D eigenvalue weighted by molar-refractivity contribution is 0.283. The number of aromatic nitrogens is 3. The highest BCUT2D eigenvalue weighted by atomic mass is 79.9. The van der Waals surface area contributed by atoms with Crippen LogP contribution < -0.4 is 4.74 Å². The smallest absolute Gasteiger partial charge is 0.335 e. The summed E-state index contributed by atoms with van der Waals surface area (Å²) in [7, 11) is 0. The van der Waals surface area contributed by atoms with Gasteiger partial charge in [-0.05, 0) is 74.5 Å². The fourth-order valence-electron chi connectivity index (χ4n) is 2.27. The predicted octanol–water partition coefficient (Wildman–Crippen LogP) is 5.43. The molecule has 0 spiro atoms. The largest absolute Gasteiger partial charge is 0.506 e. The van der Waals surface area contributed by atoms with E-state index in [1.807, 2.05) is 24.3 Å². The Balaban J connectivity index is 1.55. The first-order valence-electron chi connectivity index (χ1n) is 7.78. The van der Waals surface area contributed by atoms with Crippen LogP contribution in [0, 0.1) is 0 Å². The molecule has 0 atom stereocenters. The molecule has 5 nitrogen and oxygen atoms in total. The second-order valence-corrected chi connectivity index (χ2v) is 7.64. The zero-order valence-corrected chi connectivity index (χ0v) is 17.4. The van der Waals surface area contributed by atoms with Crippen molar-refractivity contribution >= 4 is 43.5 Å². The Morgan fingerprint density at radius 3 is 2.35 bits per heavy atom. The molecule has 0 aliphatic rings. The predicted molar refractivity (Wildman–Crippen MR) is 108 cm³/mol. The van der Waals surface area contributed by atoms with E-state index in [0.717, 1.165) is 23.4 Å². The van der Waals surface area contributed by atoms with Crippen LogP contribution in [0.15, 0.2) is 51.5 Å². The molecular formula is C18H14Br2ClN3O2. The molecule has 0 unspecified atom stereocenters. The molecule has 1 N–H and O–H groups in total. The minimum absolute atomic E-state index is 0.135. The quantitative estimate of drug-likeness (QED) is 0.458. The third-order valence-corrected chi connectivity index (χ3v) is 5.07. The zero-order chi connectivity index (χ0) is 18.5. The Labute approximate surface area is 172 Å². The van der Waals surface area contributed by atoms with Crippen LogP contribution >= 0.6 is 43.5 Å². The van der Waals surface area contributed by atoms with Crippen LogP contribution in [-0.2, 0) is 6.42 Å². The summed E-state index contributed by atoms with van der Waals surface area (Å²) in [6.07, 6.45) is 3.32. The lowest BCUT2D eigenvalue weighted by atomic mass is 10.1.